The summed E-state index contributed by atoms with van der Waals surface area (Å²) in [5.41, 5.74) is 2.86. The summed E-state index contributed by atoms with van der Waals surface area (Å²) in [6.45, 7) is 2.07. The Kier molecular flexibility index (Phi) is 3.83. The summed E-state index contributed by atoms with van der Waals surface area (Å²) in [4.78, 5) is 12.0. The third-order valence-corrected chi connectivity index (χ3v) is 4.35. The molecule has 1 heterocycles. The van der Waals surface area contributed by atoms with Gasteiger partial charge in [-0.15, -0.1) is 0 Å². The fourth-order valence-corrected chi connectivity index (χ4v) is 3.26. The maximum Gasteiger partial charge on any atom is 0.220 e. The zero-order valence-electron chi connectivity index (χ0n) is 11.3. The number of hydrogen-bond acceptors (Lipinski definition) is 2. The SMILES string of the molecule is O=C(CC1CCNC1)NC1CCc2ccccc2C1. The van der Waals surface area contributed by atoms with Gasteiger partial charge in [-0.3, -0.25) is 4.79 Å². The Morgan fingerprint density at radius 3 is 2.89 bits per heavy atom. The molecule has 3 heteroatoms. The Hall–Kier alpha value is -1.35. The zero-order chi connectivity index (χ0) is 13.1. The van der Waals surface area contributed by atoms with Crippen LogP contribution in [-0.4, -0.2) is 25.0 Å². The lowest BCUT2D eigenvalue weighted by Crippen LogP contribution is -2.39. The summed E-state index contributed by atoms with van der Waals surface area (Å²) in [7, 11) is 0. The minimum absolute atomic E-state index is 0.234. The van der Waals surface area contributed by atoms with Crippen molar-refractivity contribution < 1.29 is 4.79 Å². The van der Waals surface area contributed by atoms with Crippen molar-refractivity contribution in [1.82, 2.24) is 10.6 Å². The second-order valence-corrected chi connectivity index (χ2v) is 5.84. The van der Waals surface area contributed by atoms with Gasteiger partial charge in [0, 0.05) is 12.5 Å². The molecule has 19 heavy (non-hydrogen) atoms. The largest absolute Gasteiger partial charge is 0.353 e. The number of rotatable bonds is 3. The molecule has 1 aromatic carbocycles. The van der Waals surface area contributed by atoms with Crippen LogP contribution in [0, 0.1) is 5.92 Å². The number of benzene rings is 1. The van der Waals surface area contributed by atoms with Gasteiger partial charge in [-0.05, 0) is 55.8 Å². The van der Waals surface area contributed by atoms with Crippen molar-refractivity contribution in [2.45, 2.75) is 38.1 Å². The van der Waals surface area contributed by atoms with Crippen LogP contribution in [0.1, 0.15) is 30.4 Å². The quantitative estimate of drug-likeness (QED) is 0.865. The summed E-state index contributed by atoms with van der Waals surface area (Å²) < 4.78 is 0. The van der Waals surface area contributed by atoms with E-state index in [4.69, 9.17) is 0 Å². The predicted molar refractivity (Wildman–Crippen MR) is 76.0 cm³/mol. The van der Waals surface area contributed by atoms with E-state index in [2.05, 4.69) is 34.9 Å². The highest BCUT2D eigenvalue weighted by Gasteiger charge is 2.22. The monoisotopic (exact) mass is 258 g/mol. The summed E-state index contributed by atoms with van der Waals surface area (Å²) in [6.07, 6.45) is 4.98. The minimum Gasteiger partial charge on any atom is -0.353 e. The van der Waals surface area contributed by atoms with Gasteiger partial charge in [0.05, 0.1) is 0 Å². The molecule has 2 N–H and O–H groups in total. The van der Waals surface area contributed by atoms with Gasteiger partial charge in [-0.2, -0.15) is 0 Å². The average Bonchev–Trinajstić information content (AvgIpc) is 2.91. The molecule has 0 saturated carbocycles. The van der Waals surface area contributed by atoms with Crippen LogP contribution in [0.5, 0.6) is 0 Å². The van der Waals surface area contributed by atoms with Crippen molar-refractivity contribution in [2.75, 3.05) is 13.1 Å². The van der Waals surface area contributed by atoms with Gasteiger partial charge in [-0.1, -0.05) is 24.3 Å². The lowest BCUT2D eigenvalue weighted by Gasteiger charge is -2.26. The van der Waals surface area contributed by atoms with Crippen LogP contribution in [0.2, 0.25) is 0 Å². The highest BCUT2D eigenvalue weighted by molar-refractivity contribution is 5.76. The van der Waals surface area contributed by atoms with Gasteiger partial charge in [-0.25, -0.2) is 0 Å². The van der Waals surface area contributed by atoms with Crippen molar-refractivity contribution >= 4 is 5.91 Å². The fraction of sp³-hybridized carbons (Fsp3) is 0.562. The predicted octanol–water partition coefficient (Wildman–Crippen LogP) is 1.66. The van der Waals surface area contributed by atoms with E-state index in [1.54, 1.807) is 0 Å². The number of fused-ring (bicyclic) bond motifs is 1. The number of nitrogens with one attached hydrogen (secondary N) is 2. The highest BCUT2D eigenvalue weighted by atomic mass is 16.1. The van der Waals surface area contributed by atoms with Crippen LogP contribution >= 0.6 is 0 Å². The van der Waals surface area contributed by atoms with E-state index in [-0.39, 0.29) is 5.91 Å². The molecule has 3 rings (SSSR count). The van der Waals surface area contributed by atoms with Crippen molar-refractivity contribution in [3.8, 4) is 0 Å². The molecular weight excluding hydrogens is 236 g/mol. The third-order valence-electron chi connectivity index (χ3n) is 4.35. The van der Waals surface area contributed by atoms with Crippen LogP contribution < -0.4 is 10.6 Å². The van der Waals surface area contributed by atoms with Crippen LogP contribution in [0.15, 0.2) is 24.3 Å². The molecule has 102 valence electrons. The van der Waals surface area contributed by atoms with Gasteiger partial charge in [0.15, 0.2) is 0 Å². The maximum atomic E-state index is 12.0. The first-order chi connectivity index (χ1) is 9.31. The molecule has 2 aliphatic rings. The topological polar surface area (TPSA) is 41.1 Å². The standard InChI is InChI=1S/C16H22N2O/c19-16(9-12-7-8-17-11-12)18-15-6-5-13-3-1-2-4-14(13)10-15/h1-4,12,15,17H,5-11H2,(H,18,19). The molecule has 0 bridgehead atoms. The van der Waals surface area contributed by atoms with E-state index in [9.17, 15) is 4.79 Å². The number of hydrogen-bond donors (Lipinski definition) is 2. The van der Waals surface area contributed by atoms with Crippen molar-refractivity contribution in [2.24, 2.45) is 5.92 Å². The zero-order valence-corrected chi connectivity index (χ0v) is 11.3. The van der Waals surface area contributed by atoms with Crippen molar-refractivity contribution in [1.29, 1.82) is 0 Å². The third kappa shape index (κ3) is 3.16. The van der Waals surface area contributed by atoms with E-state index in [1.807, 2.05) is 0 Å². The highest BCUT2D eigenvalue weighted by Crippen LogP contribution is 2.21. The van der Waals surface area contributed by atoms with E-state index in [0.29, 0.717) is 18.4 Å². The van der Waals surface area contributed by atoms with E-state index in [1.165, 1.54) is 11.1 Å². The van der Waals surface area contributed by atoms with Crippen LogP contribution in [0.4, 0.5) is 0 Å². The lowest BCUT2D eigenvalue weighted by atomic mass is 9.88. The summed E-state index contributed by atoms with van der Waals surface area (Å²) in [5, 5.41) is 6.53. The second kappa shape index (κ2) is 5.74. The summed E-state index contributed by atoms with van der Waals surface area (Å²) in [6, 6.07) is 8.92. The Balaban J connectivity index is 1.52. The molecule has 1 aromatic rings. The molecule has 2 atom stereocenters. The van der Waals surface area contributed by atoms with Crippen LogP contribution in [0.3, 0.4) is 0 Å². The Labute approximate surface area is 114 Å². The molecule has 3 nitrogen and oxygen atoms in total. The second-order valence-electron chi connectivity index (χ2n) is 5.84. The summed E-state index contributed by atoms with van der Waals surface area (Å²) in [5.74, 6) is 0.772. The molecule has 1 saturated heterocycles. The van der Waals surface area contributed by atoms with Gasteiger partial charge in [0.25, 0.3) is 0 Å². The maximum absolute atomic E-state index is 12.0. The summed E-state index contributed by atoms with van der Waals surface area (Å²) >= 11 is 0. The molecule has 0 aromatic heterocycles. The Bertz CT molecular complexity index is 452. The van der Waals surface area contributed by atoms with E-state index >= 15 is 0 Å². The first kappa shape index (κ1) is 12.7. The van der Waals surface area contributed by atoms with Crippen LogP contribution in [-0.2, 0) is 17.6 Å². The molecule has 2 unspecified atom stereocenters. The number of carbonyl (C=O) groups excluding carboxylic acids is 1. The smallest absolute Gasteiger partial charge is 0.220 e. The molecule has 1 fully saturated rings. The first-order valence-electron chi connectivity index (χ1n) is 7.38. The molecule has 1 aliphatic heterocycles. The fourth-order valence-electron chi connectivity index (χ4n) is 3.26. The Morgan fingerprint density at radius 1 is 1.26 bits per heavy atom. The number of carbonyl (C=O) groups is 1. The molecule has 1 amide bonds. The Morgan fingerprint density at radius 2 is 2.11 bits per heavy atom. The van der Waals surface area contributed by atoms with Crippen LogP contribution in [0.25, 0.3) is 0 Å². The average molecular weight is 258 g/mol. The molecule has 1 aliphatic carbocycles. The molecular formula is C16H22N2O. The number of amides is 1. The lowest BCUT2D eigenvalue weighted by molar-refractivity contribution is -0.122. The van der Waals surface area contributed by atoms with Crippen molar-refractivity contribution in [3.63, 3.8) is 0 Å². The first-order valence-corrected chi connectivity index (χ1v) is 7.38. The molecule has 0 spiro atoms. The normalized spacial score (nSPS) is 25.9. The minimum atomic E-state index is 0.234. The van der Waals surface area contributed by atoms with E-state index < -0.39 is 0 Å². The molecule has 0 radical (unpaired) electrons. The number of aryl methyl sites for hydroxylation is 1. The van der Waals surface area contributed by atoms with Crippen molar-refractivity contribution in [3.05, 3.63) is 35.4 Å². The van der Waals surface area contributed by atoms with Gasteiger partial charge in [0.2, 0.25) is 5.91 Å². The van der Waals surface area contributed by atoms with Gasteiger partial charge < -0.3 is 10.6 Å². The van der Waals surface area contributed by atoms with E-state index in [0.717, 1.165) is 38.8 Å². The van der Waals surface area contributed by atoms with Gasteiger partial charge >= 0.3 is 0 Å². The van der Waals surface area contributed by atoms with Gasteiger partial charge in [0.1, 0.15) is 0 Å².